The summed E-state index contributed by atoms with van der Waals surface area (Å²) in [5.41, 5.74) is -0.262. The van der Waals surface area contributed by atoms with Crippen LogP contribution >= 0.6 is 11.6 Å². The lowest BCUT2D eigenvalue weighted by Gasteiger charge is -2.03. The van der Waals surface area contributed by atoms with Gasteiger partial charge >= 0.3 is 5.97 Å². The third-order valence-corrected chi connectivity index (χ3v) is 1.89. The van der Waals surface area contributed by atoms with Gasteiger partial charge in [0.05, 0.1) is 5.57 Å². The number of hydrogen-bond acceptors (Lipinski definition) is 4. The van der Waals surface area contributed by atoms with Gasteiger partial charge < -0.3 is 4.74 Å². The summed E-state index contributed by atoms with van der Waals surface area (Å²) in [5.74, 6) is -0.0317. The van der Waals surface area contributed by atoms with Crippen molar-refractivity contribution in [2.75, 3.05) is 0 Å². The molecule has 0 fully saturated rings. The number of ether oxygens (including phenoxy) is 1. The van der Waals surface area contributed by atoms with Crippen LogP contribution in [0.25, 0.3) is 5.57 Å². The minimum atomic E-state index is -0.769. The molecule has 5 heteroatoms. The molecule has 0 spiro atoms. The van der Waals surface area contributed by atoms with Gasteiger partial charge in [0, 0.05) is 18.5 Å². The Balaban J connectivity index is 2.37. The maximum atomic E-state index is 10.8. The van der Waals surface area contributed by atoms with Crippen LogP contribution in [0.2, 0.25) is 0 Å². The van der Waals surface area contributed by atoms with Gasteiger partial charge in [-0.15, -0.1) is 0 Å². The van der Waals surface area contributed by atoms with Crippen molar-refractivity contribution < 1.29 is 9.53 Å². The molecule has 1 aromatic heterocycles. The molecular weight excluding hydrogens is 192 g/mol. The number of carbonyl (C=O) groups is 1. The largest absolute Gasteiger partial charge is 0.438 e. The molecule has 1 aromatic rings. The van der Waals surface area contributed by atoms with Gasteiger partial charge in [0.1, 0.15) is 0 Å². The molecule has 1 atom stereocenters. The van der Waals surface area contributed by atoms with E-state index in [2.05, 4.69) is 14.7 Å². The van der Waals surface area contributed by atoms with Crippen molar-refractivity contribution in [3.8, 4) is 0 Å². The number of esters is 1. The second-order valence-electron chi connectivity index (χ2n) is 2.43. The first kappa shape index (κ1) is 8.19. The van der Waals surface area contributed by atoms with Gasteiger partial charge in [-0.1, -0.05) is 11.6 Å². The summed E-state index contributed by atoms with van der Waals surface area (Å²) in [7, 11) is 0. The predicted octanol–water partition coefficient (Wildman–Crippen LogP) is 0.982. The SMILES string of the molecule is O=C1C=C(c2ncccn2)C(Cl)O1. The van der Waals surface area contributed by atoms with Crippen LogP contribution in [0.5, 0.6) is 0 Å². The number of rotatable bonds is 1. The maximum Gasteiger partial charge on any atom is 0.333 e. The summed E-state index contributed by atoms with van der Waals surface area (Å²) in [6, 6.07) is 1.69. The number of alkyl halides is 1. The molecule has 0 radical (unpaired) electrons. The van der Waals surface area contributed by atoms with Crippen LogP contribution in [-0.2, 0) is 9.53 Å². The van der Waals surface area contributed by atoms with E-state index in [1.165, 1.54) is 6.08 Å². The van der Waals surface area contributed by atoms with E-state index in [9.17, 15) is 4.79 Å². The van der Waals surface area contributed by atoms with Crippen LogP contribution in [0.3, 0.4) is 0 Å². The fourth-order valence-electron chi connectivity index (χ4n) is 1.01. The lowest BCUT2D eigenvalue weighted by atomic mass is 10.2. The first-order chi connectivity index (χ1) is 6.27. The average Bonchev–Trinajstić information content (AvgIpc) is 2.47. The minimum Gasteiger partial charge on any atom is -0.438 e. The zero-order valence-corrected chi connectivity index (χ0v) is 7.23. The zero-order valence-electron chi connectivity index (χ0n) is 6.48. The van der Waals surface area contributed by atoms with E-state index in [1.54, 1.807) is 18.5 Å². The van der Waals surface area contributed by atoms with Crippen LogP contribution in [-0.4, -0.2) is 21.5 Å². The molecule has 0 saturated heterocycles. The smallest absolute Gasteiger partial charge is 0.333 e. The van der Waals surface area contributed by atoms with Gasteiger partial charge in [0.25, 0.3) is 0 Å². The number of nitrogens with zero attached hydrogens (tertiary/aromatic N) is 2. The summed E-state index contributed by atoms with van der Waals surface area (Å²) >= 11 is 5.72. The van der Waals surface area contributed by atoms with Gasteiger partial charge in [-0.25, -0.2) is 14.8 Å². The third kappa shape index (κ3) is 1.53. The van der Waals surface area contributed by atoms with Crippen LogP contribution in [0.1, 0.15) is 5.82 Å². The third-order valence-electron chi connectivity index (χ3n) is 1.56. The molecule has 0 aliphatic carbocycles. The van der Waals surface area contributed by atoms with Crippen molar-refractivity contribution in [2.24, 2.45) is 0 Å². The molecule has 0 saturated carbocycles. The Kier molecular flexibility index (Phi) is 1.98. The fraction of sp³-hybridized carbons (Fsp3) is 0.125. The Morgan fingerprint density at radius 1 is 1.38 bits per heavy atom. The Hall–Kier alpha value is -1.42. The number of halogens is 1. The van der Waals surface area contributed by atoms with Gasteiger partial charge in [-0.2, -0.15) is 0 Å². The van der Waals surface area contributed by atoms with E-state index in [4.69, 9.17) is 11.6 Å². The van der Waals surface area contributed by atoms with Crippen LogP contribution in [0, 0.1) is 0 Å². The van der Waals surface area contributed by atoms with Crippen molar-refractivity contribution >= 4 is 23.1 Å². The standard InChI is InChI=1S/C8H5ClN2O2/c9-7-5(4-6(12)13-7)8-10-2-1-3-11-8/h1-4,7H. The fourth-order valence-corrected chi connectivity index (χ4v) is 1.25. The van der Waals surface area contributed by atoms with E-state index in [0.717, 1.165) is 0 Å². The second kappa shape index (κ2) is 3.14. The molecular formula is C8H5ClN2O2. The molecule has 4 nitrogen and oxygen atoms in total. The first-order valence-electron chi connectivity index (χ1n) is 3.61. The Morgan fingerprint density at radius 2 is 2.08 bits per heavy atom. The number of cyclic esters (lactones) is 1. The van der Waals surface area contributed by atoms with Crippen LogP contribution in [0.4, 0.5) is 0 Å². The summed E-state index contributed by atoms with van der Waals surface area (Å²) in [5, 5.41) is 0. The van der Waals surface area contributed by atoms with Gasteiger partial charge in [-0.05, 0) is 6.07 Å². The van der Waals surface area contributed by atoms with Crippen LogP contribution < -0.4 is 0 Å². The molecule has 0 aromatic carbocycles. The number of aromatic nitrogens is 2. The van der Waals surface area contributed by atoms with E-state index in [0.29, 0.717) is 11.4 Å². The molecule has 1 unspecified atom stereocenters. The van der Waals surface area contributed by atoms with Crippen molar-refractivity contribution in [2.45, 2.75) is 5.56 Å². The summed E-state index contributed by atoms with van der Waals surface area (Å²) in [4.78, 5) is 18.7. The molecule has 0 amide bonds. The van der Waals surface area contributed by atoms with Crippen molar-refractivity contribution in [1.82, 2.24) is 9.97 Å². The molecule has 1 aliphatic rings. The summed E-state index contributed by atoms with van der Waals surface area (Å²) in [6.07, 6.45) is 4.46. The normalized spacial score (nSPS) is 21.2. The lowest BCUT2D eigenvalue weighted by molar-refractivity contribution is -0.136. The Morgan fingerprint density at radius 3 is 2.62 bits per heavy atom. The average molecular weight is 197 g/mol. The number of hydrogen-bond donors (Lipinski definition) is 0. The quantitative estimate of drug-likeness (QED) is 0.496. The Bertz CT molecular complexity index is 364. The highest BCUT2D eigenvalue weighted by molar-refractivity contribution is 6.28. The molecule has 0 N–H and O–H groups in total. The Labute approximate surface area is 79.2 Å². The molecule has 1 aliphatic heterocycles. The second-order valence-corrected chi connectivity index (χ2v) is 2.82. The van der Waals surface area contributed by atoms with Gasteiger partial charge in [-0.3, -0.25) is 0 Å². The predicted molar refractivity (Wildman–Crippen MR) is 45.7 cm³/mol. The van der Waals surface area contributed by atoms with E-state index in [1.807, 2.05) is 0 Å². The molecule has 0 bridgehead atoms. The highest BCUT2D eigenvalue weighted by Gasteiger charge is 2.26. The van der Waals surface area contributed by atoms with E-state index >= 15 is 0 Å². The lowest BCUT2D eigenvalue weighted by Crippen LogP contribution is -2.04. The molecule has 66 valence electrons. The molecule has 13 heavy (non-hydrogen) atoms. The van der Waals surface area contributed by atoms with Crippen molar-refractivity contribution in [3.05, 3.63) is 30.4 Å². The summed E-state index contributed by atoms with van der Waals surface area (Å²) < 4.78 is 4.68. The topological polar surface area (TPSA) is 52.1 Å². The maximum absolute atomic E-state index is 10.8. The summed E-state index contributed by atoms with van der Waals surface area (Å²) in [6.45, 7) is 0. The molecule has 2 heterocycles. The van der Waals surface area contributed by atoms with Crippen LogP contribution in [0.15, 0.2) is 24.5 Å². The minimum absolute atomic E-state index is 0.424. The highest BCUT2D eigenvalue weighted by Crippen LogP contribution is 2.25. The zero-order chi connectivity index (χ0) is 9.26. The van der Waals surface area contributed by atoms with Crippen molar-refractivity contribution in [1.29, 1.82) is 0 Å². The van der Waals surface area contributed by atoms with Crippen molar-refractivity contribution in [3.63, 3.8) is 0 Å². The first-order valence-corrected chi connectivity index (χ1v) is 4.04. The van der Waals surface area contributed by atoms with Gasteiger partial charge in [0.15, 0.2) is 5.82 Å². The monoisotopic (exact) mass is 196 g/mol. The number of carbonyl (C=O) groups excluding carboxylic acids is 1. The molecule has 2 rings (SSSR count). The van der Waals surface area contributed by atoms with E-state index < -0.39 is 11.5 Å². The van der Waals surface area contributed by atoms with Gasteiger partial charge in [0.2, 0.25) is 5.56 Å². The van der Waals surface area contributed by atoms with E-state index in [-0.39, 0.29) is 0 Å². The highest BCUT2D eigenvalue weighted by atomic mass is 35.5.